The van der Waals surface area contributed by atoms with Crippen molar-refractivity contribution < 1.29 is 18.7 Å². The molecule has 9 heteroatoms. The molecule has 2 aliphatic rings. The largest absolute Gasteiger partial charge is 0.466 e. The number of hydrogen-bond acceptors (Lipinski definition) is 7. The standard InChI is InChI=1S/C22H26FN5O3/c1-3-31-20(30)22-6-4-8-27(19(29)16-5-7-24-18(23)9-16)12-17(22)13-28(14-22)21-25-10-15(2)11-26-21/h5,7,9-11,17H,3-4,6,8,12-14H2,1-2H3/t17-,22-/m0/s1. The zero-order valence-corrected chi connectivity index (χ0v) is 17.8. The molecule has 2 aliphatic heterocycles. The molecule has 2 aromatic heterocycles. The maximum absolute atomic E-state index is 13.5. The van der Waals surface area contributed by atoms with E-state index in [1.165, 1.54) is 12.3 Å². The smallest absolute Gasteiger partial charge is 0.314 e. The molecule has 4 rings (SSSR count). The second kappa shape index (κ2) is 8.56. The number of fused-ring (bicyclic) bond motifs is 1. The van der Waals surface area contributed by atoms with Crippen LogP contribution >= 0.6 is 0 Å². The number of hydrogen-bond donors (Lipinski definition) is 0. The van der Waals surface area contributed by atoms with Crippen LogP contribution in [0.25, 0.3) is 0 Å². The van der Waals surface area contributed by atoms with E-state index in [0.29, 0.717) is 51.6 Å². The van der Waals surface area contributed by atoms with E-state index in [2.05, 4.69) is 15.0 Å². The van der Waals surface area contributed by atoms with Gasteiger partial charge in [-0.05, 0) is 38.3 Å². The second-order valence-electron chi connectivity index (χ2n) is 8.24. The molecule has 0 radical (unpaired) electrons. The van der Waals surface area contributed by atoms with Gasteiger partial charge in [-0.2, -0.15) is 4.39 Å². The summed E-state index contributed by atoms with van der Waals surface area (Å²) in [6, 6.07) is 2.66. The maximum Gasteiger partial charge on any atom is 0.314 e. The van der Waals surface area contributed by atoms with Crippen LogP contribution in [-0.4, -0.2) is 64.5 Å². The van der Waals surface area contributed by atoms with Crippen molar-refractivity contribution in [2.45, 2.75) is 26.7 Å². The topological polar surface area (TPSA) is 88.5 Å². The average molecular weight is 427 g/mol. The summed E-state index contributed by atoms with van der Waals surface area (Å²) in [7, 11) is 0. The van der Waals surface area contributed by atoms with Crippen LogP contribution in [0.15, 0.2) is 30.7 Å². The minimum absolute atomic E-state index is 0.144. The SMILES string of the molecule is CCOC(=O)[C@]12CCCN(C(=O)c3ccnc(F)c3)C[C@H]1CN(c1ncc(C)cn1)C2. The molecule has 2 fully saturated rings. The van der Waals surface area contributed by atoms with E-state index in [1.807, 2.05) is 11.8 Å². The molecule has 2 atom stereocenters. The van der Waals surface area contributed by atoms with Gasteiger partial charge >= 0.3 is 5.97 Å². The highest BCUT2D eigenvalue weighted by Gasteiger charge is 2.55. The lowest BCUT2D eigenvalue weighted by atomic mass is 9.75. The third-order valence-electron chi connectivity index (χ3n) is 6.18. The highest BCUT2D eigenvalue weighted by molar-refractivity contribution is 5.94. The molecule has 2 aromatic rings. The Hall–Kier alpha value is -3.10. The molecule has 0 unspecified atom stereocenters. The van der Waals surface area contributed by atoms with E-state index in [-0.39, 0.29) is 23.4 Å². The highest BCUT2D eigenvalue weighted by atomic mass is 19.1. The summed E-state index contributed by atoms with van der Waals surface area (Å²) in [5.41, 5.74) is 0.481. The molecular weight excluding hydrogens is 401 g/mol. The quantitative estimate of drug-likeness (QED) is 0.546. The summed E-state index contributed by atoms with van der Waals surface area (Å²) >= 11 is 0. The molecule has 164 valence electrons. The van der Waals surface area contributed by atoms with Gasteiger partial charge in [0.2, 0.25) is 11.9 Å². The van der Waals surface area contributed by atoms with Crippen molar-refractivity contribution in [1.29, 1.82) is 0 Å². The van der Waals surface area contributed by atoms with Crippen molar-refractivity contribution in [3.63, 3.8) is 0 Å². The van der Waals surface area contributed by atoms with E-state index >= 15 is 0 Å². The first-order chi connectivity index (χ1) is 14.9. The van der Waals surface area contributed by atoms with Crippen LogP contribution < -0.4 is 4.90 Å². The molecule has 8 nitrogen and oxygen atoms in total. The van der Waals surface area contributed by atoms with Gasteiger partial charge < -0.3 is 14.5 Å². The number of anilines is 1. The highest BCUT2D eigenvalue weighted by Crippen LogP contribution is 2.44. The zero-order valence-electron chi connectivity index (χ0n) is 17.8. The van der Waals surface area contributed by atoms with Gasteiger partial charge in [-0.15, -0.1) is 0 Å². The fourth-order valence-electron chi connectivity index (χ4n) is 4.65. The number of carbonyl (C=O) groups is 2. The molecule has 0 N–H and O–H groups in total. The van der Waals surface area contributed by atoms with Crippen molar-refractivity contribution in [2.24, 2.45) is 11.3 Å². The molecule has 0 aliphatic carbocycles. The van der Waals surface area contributed by atoms with Crippen molar-refractivity contribution >= 4 is 17.8 Å². The van der Waals surface area contributed by atoms with E-state index in [4.69, 9.17) is 4.74 Å². The van der Waals surface area contributed by atoms with Crippen LogP contribution in [0.2, 0.25) is 0 Å². The number of rotatable bonds is 4. The summed E-state index contributed by atoms with van der Waals surface area (Å²) in [6.45, 7) is 5.88. The molecule has 1 amide bonds. The number of ether oxygens (including phenoxy) is 1. The minimum Gasteiger partial charge on any atom is -0.466 e. The molecule has 0 saturated carbocycles. The fourth-order valence-corrected chi connectivity index (χ4v) is 4.65. The Kier molecular flexibility index (Phi) is 5.84. The number of halogens is 1. The zero-order chi connectivity index (χ0) is 22.0. The van der Waals surface area contributed by atoms with Gasteiger partial charge in [-0.1, -0.05) is 0 Å². The lowest BCUT2D eigenvalue weighted by molar-refractivity contribution is -0.157. The number of nitrogens with zero attached hydrogens (tertiary/aromatic N) is 5. The lowest BCUT2D eigenvalue weighted by Gasteiger charge is -2.31. The van der Waals surface area contributed by atoms with Crippen LogP contribution in [-0.2, 0) is 9.53 Å². The van der Waals surface area contributed by atoms with Crippen molar-refractivity contribution in [3.05, 3.63) is 47.8 Å². The third kappa shape index (κ3) is 4.08. The van der Waals surface area contributed by atoms with E-state index in [1.54, 1.807) is 24.2 Å². The van der Waals surface area contributed by atoms with Crippen molar-refractivity contribution in [2.75, 3.05) is 37.7 Å². The van der Waals surface area contributed by atoms with Crippen LogP contribution in [0.5, 0.6) is 0 Å². The monoisotopic (exact) mass is 427 g/mol. The number of aromatic nitrogens is 3. The molecular formula is C22H26FN5O3. The maximum atomic E-state index is 13.5. The second-order valence-corrected chi connectivity index (χ2v) is 8.24. The van der Waals surface area contributed by atoms with Crippen molar-refractivity contribution in [1.82, 2.24) is 19.9 Å². The van der Waals surface area contributed by atoms with Gasteiger partial charge in [0.25, 0.3) is 5.91 Å². The minimum atomic E-state index is -0.733. The predicted molar refractivity (Wildman–Crippen MR) is 111 cm³/mol. The normalized spacial score (nSPS) is 23.3. The first-order valence-corrected chi connectivity index (χ1v) is 10.5. The van der Waals surface area contributed by atoms with Gasteiger partial charge in [0.15, 0.2) is 0 Å². The summed E-state index contributed by atoms with van der Waals surface area (Å²) in [5, 5.41) is 0. The summed E-state index contributed by atoms with van der Waals surface area (Å²) in [6.07, 6.45) is 6.04. The Morgan fingerprint density at radius 2 is 2.03 bits per heavy atom. The first kappa shape index (κ1) is 21.1. The average Bonchev–Trinajstić information content (AvgIpc) is 3.02. The number of carbonyl (C=O) groups excluding carboxylic acids is 2. The fraction of sp³-hybridized carbons (Fsp3) is 0.500. The summed E-state index contributed by atoms with van der Waals surface area (Å²) in [4.78, 5) is 42.3. The van der Waals surface area contributed by atoms with Gasteiger partial charge in [0.05, 0.1) is 12.0 Å². The van der Waals surface area contributed by atoms with Crippen LogP contribution in [0, 0.1) is 24.2 Å². The van der Waals surface area contributed by atoms with Crippen LogP contribution in [0.1, 0.15) is 35.7 Å². The molecule has 0 bridgehead atoms. The third-order valence-corrected chi connectivity index (χ3v) is 6.18. The first-order valence-electron chi connectivity index (χ1n) is 10.5. The van der Waals surface area contributed by atoms with E-state index in [0.717, 1.165) is 11.6 Å². The Morgan fingerprint density at radius 3 is 2.74 bits per heavy atom. The lowest BCUT2D eigenvalue weighted by Crippen LogP contribution is -2.43. The van der Waals surface area contributed by atoms with E-state index in [9.17, 15) is 14.0 Å². The molecule has 0 spiro atoms. The predicted octanol–water partition coefficient (Wildman–Crippen LogP) is 2.24. The van der Waals surface area contributed by atoms with Gasteiger partial charge in [-0.25, -0.2) is 15.0 Å². The number of pyridine rings is 1. The van der Waals surface area contributed by atoms with Gasteiger partial charge in [0, 0.05) is 62.3 Å². The Balaban J connectivity index is 1.62. The number of likely N-dealkylation sites (tertiary alicyclic amines) is 1. The summed E-state index contributed by atoms with van der Waals surface area (Å²) < 4.78 is 19.0. The van der Waals surface area contributed by atoms with Gasteiger partial charge in [-0.3, -0.25) is 9.59 Å². The Labute approximate surface area is 180 Å². The van der Waals surface area contributed by atoms with Crippen LogP contribution in [0.3, 0.4) is 0 Å². The van der Waals surface area contributed by atoms with Crippen molar-refractivity contribution in [3.8, 4) is 0 Å². The van der Waals surface area contributed by atoms with Gasteiger partial charge in [0.1, 0.15) is 0 Å². The van der Waals surface area contributed by atoms with E-state index < -0.39 is 11.4 Å². The molecule has 2 saturated heterocycles. The Morgan fingerprint density at radius 1 is 1.26 bits per heavy atom. The molecule has 0 aromatic carbocycles. The van der Waals surface area contributed by atoms with Crippen LogP contribution in [0.4, 0.5) is 10.3 Å². The molecule has 4 heterocycles. The number of aryl methyl sites for hydroxylation is 1. The number of esters is 1. The number of amides is 1. The molecule has 31 heavy (non-hydrogen) atoms. The summed E-state index contributed by atoms with van der Waals surface area (Å²) in [5.74, 6) is -0.763. The Bertz CT molecular complexity index is 970.